The van der Waals surface area contributed by atoms with E-state index in [1.54, 1.807) is 0 Å². The highest BCUT2D eigenvalue weighted by Crippen LogP contribution is 2.19. The molecule has 1 amide bonds. The molecule has 0 aliphatic heterocycles. The fourth-order valence-corrected chi connectivity index (χ4v) is 2.88. The molecule has 2 rings (SSSR count). The first kappa shape index (κ1) is 16.0. The second-order valence-corrected chi connectivity index (χ2v) is 6.04. The van der Waals surface area contributed by atoms with Gasteiger partial charge in [0.1, 0.15) is 11.3 Å². The molecule has 114 valence electrons. The van der Waals surface area contributed by atoms with Gasteiger partial charge in [-0.2, -0.15) is 0 Å². The van der Waals surface area contributed by atoms with E-state index in [-0.39, 0.29) is 5.91 Å². The molecule has 4 nitrogen and oxygen atoms in total. The Morgan fingerprint density at radius 2 is 1.90 bits per heavy atom. The zero-order valence-electron chi connectivity index (χ0n) is 12.9. The molecule has 0 atom stereocenters. The van der Waals surface area contributed by atoms with Gasteiger partial charge in [0.15, 0.2) is 0 Å². The number of amides is 1. The van der Waals surface area contributed by atoms with Gasteiger partial charge in [-0.1, -0.05) is 20.8 Å². The highest BCUT2D eigenvalue weighted by atomic mass is 79.9. The average Bonchev–Trinajstić information content (AvgIpc) is 2.84. The van der Waals surface area contributed by atoms with Crippen molar-refractivity contribution < 1.29 is 4.79 Å². The molecule has 0 aliphatic carbocycles. The number of hydrogen-bond acceptors (Lipinski definition) is 2. The summed E-state index contributed by atoms with van der Waals surface area (Å²) in [5.41, 5.74) is 2.40. The van der Waals surface area contributed by atoms with Crippen LogP contribution in [-0.4, -0.2) is 33.3 Å². The molecule has 0 unspecified atom stereocenters. The normalized spacial score (nSPS) is 11.0. The third kappa shape index (κ3) is 3.28. The molecule has 5 heteroatoms. The Hall–Kier alpha value is -1.36. The lowest BCUT2D eigenvalue weighted by Gasteiger charge is -2.21. The van der Waals surface area contributed by atoms with Crippen molar-refractivity contribution in [3.63, 3.8) is 0 Å². The summed E-state index contributed by atoms with van der Waals surface area (Å²) in [7, 11) is 0. The molecule has 21 heavy (non-hydrogen) atoms. The molecular formula is C16H22BrN3O. The molecular weight excluding hydrogens is 330 g/mol. The third-order valence-corrected chi connectivity index (χ3v) is 3.94. The number of nitrogens with zero attached hydrogens (tertiary/aromatic N) is 3. The SMILES string of the molecule is CCCN(CCC)C(=O)c1c(CC)nc2ccc(Br)cn12. The van der Waals surface area contributed by atoms with Crippen LogP contribution in [-0.2, 0) is 6.42 Å². The number of fused-ring (bicyclic) bond motifs is 1. The van der Waals surface area contributed by atoms with E-state index in [2.05, 4.69) is 34.8 Å². The first-order valence-electron chi connectivity index (χ1n) is 7.58. The van der Waals surface area contributed by atoms with E-state index in [0.717, 1.165) is 48.2 Å². The standard InChI is InChI=1S/C16H22BrN3O/c1-4-9-19(10-5-2)16(21)15-13(6-3)18-14-8-7-12(17)11-20(14)15/h7-8,11H,4-6,9-10H2,1-3H3. The Morgan fingerprint density at radius 3 is 2.48 bits per heavy atom. The zero-order chi connectivity index (χ0) is 15.4. The lowest BCUT2D eigenvalue weighted by atomic mass is 10.2. The Morgan fingerprint density at radius 1 is 1.24 bits per heavy atom. The van der Waals surface area contributed by atoms with Crippen LogP contribution in [0.4, 0.5) is 0 Å². The van der Waals surface area contributed by atoms with Gasteiger partial charge >= 0.3 is 0 Å². The number of imidazole rings is 1. The maximum Gasteiger partial charge on any atom is 0.272 e. The number of hydrogen-bond donors (Lipinski definition) is 0. The summed E-state index contributed by atoms with van der Waals surface area (Å²) in [5.74, 6) is 0.0844. The first-order valence-corrected chi connectivity index (χ1v) is 8.37. The van der Waals surface area contributed by atoms with Crippen molar-refractivity contribution in [1.82, 2.24) is 14.3 Å². The minimum absolute atomic E-state index is 0.0844. The maximum absolute atomic E-state index is 12.9. The minimum Gasteiger partial charge on any atom is -0.337 e. The number of carbonyl (C=O) groups is 1. The van der Waals surface area contributed by atoms with Crippen LogP contribution in [0.2, 0.25) is 0 Å². The topological polar surface area (TPSA) is 37.6 Å². The maximum atomic E-state index is 12.9. The predicted molar refractivity (Wildman–Crippen MR) is 88.8 cm³/mol. The zero-order valence-corrected chi connectivity index (χ0v) is 14.5. The molecule has 0 saturated heterocycles. The summed E-state index contributed by atoms with van der Waals surface area (Å²) in [5, 5.41) is 0. The minimum atomic E-state index is 0.0844. The summed E-state index contributed by atoms with van der Waals surface area (Å²) in [6.45, 7) is 7.81. The number of halogens is 1. The van der Waals surface area contributed by atoms with E-state index in [1.807, 2.05) is 34.6 Å². The Bertz CT molecular complexity index is 630. The van der Waals surface area contributed by atoms with Crippen molar-refractivity contribution in [2.24, 2.45) is 0 Å². The van der Waals surface area contributed by atoms with Crippen LogP contribution in [0.25, 0.3) is 5.65 Å². The van der Waals surface area contributed by atoms with E-state index in [4.69, 9.17) is 0 Å². The highest BCUT2D eigenvalue weighted by molar-refractivity contribution is 9.10. The van der Waals surface area contributed by atoms with Gasteiger partial charge in [-0.05, 0) is 47.3 Å². The second-order valence-electron chi connectivity index (χ2n) is 5.13. The Labute approximate surface area is 134 Å². The van der Waals surface area contributed by atoms with Gasteiger partial charge in [-0.3, -0.25) is 9.20 Å². The van der Waals surface area contributed by atoms with Crippen molar-refractivity contribution in [2.45, 2.75) is 40.0 Å². The molecule has 0 fully saturated rings. The molecule has 0 bridgehead atoms. The largest absolute Gasteiger partial charge is 0.337 e. The van der Waals surface area contributed by atoms with Crippen molar-refractivity contribution in [3.8, 4) is 0 Å². The van der Waals surface area contributed by atoms with Crippen molar-refractivity contribution in [2.75, 3.05) is 13.1 Å². The highest BCUT2D eigenvalue weighted by Gasteiger charge is 2.22. The quantitative estimate of drug-likeness (QED) is 0.790. The molecule has 0 aromatic carbocycles. The Balaban J connectivity index is 2.51. The van der Waals surface area contributed by atoms with Crippen LogP contribution in [0.1, 0.15) is 49.8 Å². The van der Waals surface area contributed by atoms with Gasteiger partial charge in [-0.25, -0.2) is 4.98 Å². The van der Waals surface area contributed by atoms with Crippen LogP contribution in [0, 0.1) is 0 Å². The fraction of sp³-hybridized carbons (Fsp3) is 0.500. The fourth-order valence-electron chi connectivity index (χ4n) is 2.54. The molecule has 0 radical (unpaired) electrons. The molecule has 2 heterocycles. The van der Waals surface area contributed by atoms with E-state index in [1.165, 1.54) is 0 Å². The summed E-state index contributed by atoms with van der Waals surface area (Å²) < 4.78 is 2.85. The molecule has 0 spiro atoms. The first-order chi connectivity index (χ1) is 10.1. The van der Waals surface area contributed by atoms with E-state index < -0.39 is 0 Å². The summed E-state index contributed by atoms with van der Waals surface area (Å²) >= 11 is 3.47. The van der Waals surface area contributed by atoms with Crippen molar-refractivity contribution >= 4 is 27.5 Å². The lowest BCUT2D eigenvalue weighted by molar-refractivity contribution is 0.0747. The molecule has 0 saturated carbocycles. The molecule has 2 aromatic heterocycles. The second kappa shape index (κ2) is 7.07. The lowest BCUT2D eigenvalue weighted by Crippen LogP contribution is -2.33. The average molecular weight is 352 g/mol. The smallest absolute Gasteiger partial charge is 0.272 e. The monoisotopic (exact) mass is 351 g/mol. The van der Waals surface area contributed by atoms with Gasteiger partial charge in [-0.15, -0.1) is 0 Å². The van der Waals surface area contributed by atoms with Crippen LogP contribution in [0.5, 0.6) is 0 Å². The summed E-state index contributed by atoms with van der Waals surface area (Å²) in [4.78, 5) is 19.5. The number of rotatable bonds is 6. The number of pyridine rings is 1. The number of carbonyl (C=O) groups excluding carboxylic acids is 1. The Kier molecular flexibility index (Phi) is 5.39. The third-order valence-electron chi connectivity index (χ3n) is 3.47. The van der Waals surface area contributed by atoms with Crippen LogP contribution in [0.3, 0.4) is 0 Å². The summed E-state index contributed by atoms with van der Waals surface area (Å²) in [6, 6.07) is 3.88. The van der Waals surface area contributed by atoms with Crippen molar-refractivity contribution in [1.29, 1.82) is 0 Å². The molecule has 0 aliphatic rings. The van der Waals surface area contributed by atoms with Gasteiger partial charge in [0.2, 0.25) is 0 Å². The van der Waals surface area contributed by atoms with Crippen molar-refractivity contribution in [3.05, 3.63) is 34.2 Å². The number of aryl methyl sites for hydroxylation is 1. The van der Waals surface area contributed by atoms with Gasteiger partial charge in [0, 0.05) is 23.8 Å². The van der Waals surface area contributed by atoms with Crippen LogP contribution >= 0.6 is 15.9 Å². The van der Waals surface area contributed by atoms with Gasteiger partial charge < -0.3 is 4.90 Å². The molecule has 2 aromatic rings. The van der Waals surface area contributed by atoms with Crippen LogP contribution < -0.4 is 0 Å². The van der Waals surface area contributed by atoms with Gasteiger partial charge in [0.25, 0.3) is 5.91 Å². The van der Waals surface area contributed by atoms with Gasteiger partial charge in [0.05, 0.1) is 5.69 Å². The van der Waals surface area contributed by atoms with E-state index in [0.29, 0.717) is 5.69 Å². The summed E-state index contributed by atoms with van der Waals surface area (Å²) in [6.07, 6.45) is 4.61. The van der Waals surface area contributed by atoms with E-state index in [9.17, 15) is 4.79 Å². The van der Waals surface area contributed by atoms with E-state index >= 15 is 0 Å². The van der Waals surface area contributed by atoms with Crippen LogP contribution in [0.15, 0.2) is 22.8 Å². The predicted octanol–water partition coefficient (Wildman–Crippen LogP) is 3.92. The number of aromatic nitrogens is 2. The molecule has 0 N–H and O–H groups in total.